The molecule has 2 bridgehead atoms. The highest BCUT2D eigenvalue weighted by molar-refractivity contribution is 9.10. The molecule has 1 saturated carbocycles. The van der Waals surface area contributed by atoms with E-state index in [0.717, 1.165) is 16.5 Å². The maximum Gasteiger partial charge on any atom is 0.238 e. The largest absolute Gasteiger partial charge is 0.274 e. The summed E-state index contributed by atoms with van der Waals surface area (Å²) in [5.41, 5.74) is 1.78. The molecule has 0 radical (unpaired) electrons. The van der Waals surface area contributed by atoms with Gasteiger partial charge in [-0.2, -0.15) is 0 Å². The number of imide groups is 1. The third kappa shape index (κ3) is 1.46. The molecule has 1 heterocycles. The number of hydrogen-bond donors (Lipinski definition) is 0. The summed E-state index contributed by atoms with van der Waals surface area (Å²) in [7, 11) is 0. The van der Waals surface area contributed by atoms with Crippen LogP contribution in [0.2, 0.25) is 0 Å². The van der Waals surface area contributed by atoms with Crippen LogP contribution in [0.4, 0.5) is 5.69 Å². The lowest BCUT2D eigenvalue weighted by atomic mass is 9.85. The van der Waals surface area contributed by atoms with E-state index in [-0.39, 0.29) is 35.5 Å². The van der Waals surface area contributed by atoms with Crippen molar-refractivity contribution in [1.82, 2.24) is 0 Å². The number of fused-ring (bicyclic) bond motifs is 5. The average molecular weight is 332 g/mol. The van der Waals surface area contributed by atoms with E-state index in [0.29, 0.717) is 5.69 Å². The van der Waals surface area contributed by atoms with E-state index in [2.05, 4.69) is 28.1 Å². The molecule has 1 aliphatic heterocycles. The molecule has 2 amide bonds. The molecule has 3 nitrogen and oxygen atoms in total. The highest BCUT2D eigenvalue weighted by Crippen LogP contribution is 2.53. The average Bonchev–Trinajstić information content (AvgIpc) is 3.08. The van der Waals surface area contributed by atoms with Crippen molar-refractivity contribution in [1.29, 1.82) is 0 Å². The number of nitrogens with zero attached hydrogens (tertiary/aromatic N) is 1. The second-order valence-corrected chi connectivity index (χ2v) is 6.80. The molecule has 102 valence electrons. The number of benzene rings is 1. The van der Waals surface area contributed by atoms with Crippen LogP contribution >= 0.6 is 15.9 Å². The third-order valence-electron chi connectivity index (χ3n) is 4.88. The van der Waals surface area contributed by atoms with Gasteiger partial charge in [-0.05, 0) is 42.9 Å². The summed E-state index contributed by atoms with van der Waals surface area (Å²) in [5, 5.41) is 0. The van der Waals surface area contributed by atoms with Gasteiger partial charge in [0.05, 0.1) is 17.5 Å². The topological polar surface area (TPSA) is 37.4 Å². The van der Waals surface area contributed by atoms with E-state index < -0.39 is 0 Å². The number of carbonyl (C=O) groups is 2. The van der Waals surface area contributed by atoms with E-state index in [4.69, 9.17) is 0 Å². The van der Waals surface area contributed by atoms with Crippen molar-refractivity contribution in [2.75, 3.05) is 4.90 Å². The Morgan fingerprint density at radius 1 is 1.10 bits per heavy atom. The first-order valence-electron chi connectivity index (χ1n) is 6.90. The van der Waals surface area contributed by atoms with Crippen molar-refractivity contribution in [2.45, 2.75) is 13.3 Å². The monoisotopic (exact) mass is 331 g/mol. The maximum atomic E-state index is 12.6. The standard InChI is InChI=1S/C16H14BrNO2/c1-8-2-5-11(7-12(8)17)18-15(19)13-9-3-4-10(6-9)14(13)16(18)20/h2-5,7,9-10,13-14H,6H2,1H3/t9-,10+,13-,14-/m0/s1. The molecule has 0 unspecified atom stereocenters. The summed E-state index contributed by atoms with van der Waals surface area (Å²) in [4.78, 5) is 26.7. The Hall–Kier alpha value is -1.42. The predicted octanol–water partition coefficient (Wildman–Crippen LogP) is 3.07. The number of anilines is 1. The Labute approximate surface area is 125 Å². The maximum absolute atomic E-state index is 12.6. The fourth-order valence-corrected chi connectivity index (χ4v) is 4.24. The number of amides is 2. The number of rotatable bonds is 1. The van der Waals surface area contributed by atoms with E-state index in [1.54, 1.807) is 0 Å². The van der Waals surface area contributed by atoms with Gasteiger partial charge in [0.1, 0.15) is 0 Å². The summed E-state index contributed by atoms with van der Waals surface area (Å²) < 4.78 is 0.925. The molecule has 20 heavy (non-hydrogen) atoms. The number of aryl methyl sites for hydroxylation is 1. The van der Waals surface area contributed by atoms with Crippen LogP contribution in [-0.2, 0) is 9.59 Å². The molecule has 4 rings (SSSR count). The zero-order valence-corrected chi connectivity index (χ0v) is 12.6. The molecule has 4 atom stereocenters. The minimum Gasteiger partial charge on any atom is -0.274 e. The van der Waals surface area contributed by atoms with Crippen LogP contribution in [0.3, 0.4) is 0 Å². The summed E-state index contributed by atoms with van der Waals surface area (Å²) in [6, 6.07) is 5.65. The highest BCUT2D eigenvalue weighted by Gasteiger charge is 2.59. The number of carbonyl (C=O) groups excluding carboxylic acids is 2. The quantitative estimate of drug-likeness (QED) is 0.585. The van der Waals surface area contributed by atoms with Crippen molar-refractivity contribution in [3.63, 3.8) is 0 Å². The molecule has 0 N–H and O–H groups in total. The van der Waals surface area contributed by atoms with Gasteiger partial charge in [0.25, 0.3) is 0 Å². The second kappa shape index (κ2) is 4.04. The minimum atomic E-state index is -0.127. The van der Waals surface area contributed by atoms with Crippen molar-refractivity contribution >= 4 is 33.4 Å². The molecule has 3 aliphatic rings. The van der Waals surface area contributed by atoms with Crippen LogP contribution in [0.25, 0.3) is 0 Å². The number of hydrogen-bond acceptors (Lipinski definition) is 2. The van der Waals surface area contributed by atoms with Crippen LogP contribution in [0, 0.1) is 30.6 Å². The third-order valence-corrected chi connectivity index (χ3v) is 5.74. The first kappa shape index (κ1) is 12.3. The SMILES string of the molecule is Cc1ccc(N2C(=O)[C@@H]3[C@@H](C2=O)[C@H]2C=C[C@@H]3C2)cc1Br. The molecule has 2 fully saturated rings. The fourth-order valence-electron chi connectivity index (χ4n) is 3.88. The zero-order chi connectivity index (χ0) is 14.0. The van der Waals surface area contributed by atoms with Gasteiger partial charge in [0.2, 0.25) is 11.8 Å². The molecule has 2 aliphatic carbocycles. The van der Waals surface area contributed by atoms with Gasteiger partial charge in [0, 0.05) is 4.47 Å². The van der Waals surface area contributed by atoms with Crippen LogP contribution in [0.1, 0.15) is 12.0 Å². The molecule has 1 aromatic carbocycles. The Bertz CT molecular complexity index is 636. The lowest BCUT2D eigenvalue weighted by molar-refractivity contribution is -0.123. The molecular weight excluding hydrogens is 318 g/mol. The second-order valence-electron chi connectivity index (χ2n) is 5.95. The summed E-state index contributed by atoms with van der Waals surface area (Å²) in [6.07, 6.45) is 5.20. The smallest absolute Gasteiger partial charge is 0.238 e. The lowest BCUT2D eigenvalue weighted by Gasteiger charge is -2.18. The van der Waals surface area contributed by atoms with E-state index in [9.17, 15) is 9.59 Å². The van der Waals surface area contributed by atoms with Gasteiger partial charge in [-0.25, -0.2) is 4.90 Å². The van der Waals surface area contributed by atoms with E-state index in [1.165, 1.54) is 4.90 Å². The Morgan fingerprint density at radius 3 is 2.25 bits per heavy atom. The van der Waals surface area contributed by atoms with Gasteiger partial charge in [0.15, 0.2) is 0 Å². The Balaban J connectivity index is 1.76. The normalized spacial score (nSPS) is 34.2. The molecule has 4 heteroatoms. The molecule has 0 spiro atoms. The summed E-state index contributed by atoms with van der Waals surface area (Å²) >= 11 is 3.47. The molecular formula is C16H14BrNO2. The van der Waals surface area contributed by atoms with E-state index >= 15 is 0 Å². The highest BCUT2D eigenvalue weighted by atomic mass is 79.9. The van der Waals surface area contributed by atoms with Crippen molar-refractivity contribution in [3.05, 3.63) is 40.4 Å². The first-order valence-corrected chi connectivity index (χ1v) is 7.69. The summed E-state index contributed by atoms with van der Waals surface area (Å²) in [5.74, 6) is 0.232. The van der Waals surface area contributed by atoms with Crippen LogP contribution in [-0.4, -0.2) is 11.8 Å². The van der Waals surface area contributed by atoms with Gasteiger partial charge in [-0.3, -0.25) is 9.59 Å². The van der Waals surface area contributed by atoms with Crippen LogP contribution in [0.15, 0.2) is 34.8 Å². The van der Waals surface area contributed by atoms with Gasteiger partial charge >= 0.3 is 0 Å². The van der Waals surface area contributed by atoms with Crippen molar-refractivity contribution in [2.24, 2.45) is 23.7 Å². The van der Waals surface area contributed by atoms with Gasteiger partial charge in [-0.1, -0.05) is 34.1 Å². The summed E-state index contributed by atoms with van der Waals surface area (Å²) in [6.45, 7) is 1.99. The van der Waals surface area contributed by atoms with Crippen LogP contribution < -0.4 is 4.90 Å². The minimum absolute atomic E-state index is 0.0207. The number of halogens is 1. The first-order chi connectivity index (χ1) is 9.58. The van der Waals surface area contributed by atoms with Gasteiger partial charge in [-0.15, -0.1) is 0 Å². The van der Waals surface area contributed by atoms with Crippen molar-refractivity contribution < 1.29 is 9.59 Å². The zero-order valence-electron chi connectivity index (χ0n) is 11.0. The molecule has 1 aromatic rings. The predicted molar refractivity (Wildman–Crippen MR) is 79.1 cm³/mol. The van der Waals surface area contributed by atoms with Crippen molar-refractivity contribution in [3.8, 4) is 0 Å². The Kier molecular flexibility index (Phi) is 2.49. The number of allylic oxidation sites excluding steroid dienone is 2. The van der Waals surface area contributed by atoms with E-state index in [1.807, 2.05) is 25.1 Å². The molecule has 1 saturated heterocycles. The van der Waals surface area contributed by atoms with Gasteiger partial charge < -0.3 is 0 Å². The molecule has 0 aromatic heterocycles. The lowest BCUT2D eigenvalue weighted by Crippen LogP contribution is -2.32. The fraction of sp³-hybridized carbons (Fsp3) is 0.375. The van der Waals surface area contributed by atoms with Crippen LogP contribution in [0.5, 0.6) is 0 Å². The Morgan fingerprint density at radius 2 is 1.70 bits per heavy atom.